The number of carbonyl (C=O) groups excluding carboxylic acids is 2. The number of nitrogens with one attached hydrogen (secondary N) is 2. The van der Waals surface area contributed by atoms with E-state index in [9.17, 15) is 23.9 Å². The normalized spacial score (nSPS) is 21.5. The summed E-state index contributed by atoms with van der Waals surface area (Å²) in [4.78, 5) is 39.5. The van der Waals surface area contributed by atoms with Crippen LogP contribution in [-0.2, 0) is 14.4 Å². The molecule has 4 N–H and O–H groups in total. The number of amides is 2. The van der Waals surface area contributed by atoms with E-state index in [0.29, 0.717) is 12.1 Å². The monoisotopic (exact) mass is 416 g/mol. The van der Waals surface area contributed by atoms with E-state index in [1.54, 1.807) is 4.90 Å². The number of aliphatic carboxylic acids is 1. The van der Waals surface area contributed by atoms with Crippen LogP contribution in [0.15, 0.2) is 12.3 Å². The number of carboxylic acid groups (broad SMARTS) is 1. The maximum atomic E-state index is 14.5. The molecule has 2 aliphatic heterocycles. The van der Waals surface area contributed by atoms with Gasteiger partial charge >= 0.3 is 5.97 Å². The third-order valence-corrected chi connectivity index (χ3v) is 4.88. The average Bonchev–Trinajstić information content (AvgIpc) is 2.58. The molecule has 0 radical (unpaired) electrons. The Bertz CT molecular complexity index is 770. The van der Waals surface area contributed by atoms with Crippen LogP contribution in [-0.4, -0.2) is 57.7 Å². The molecule has 1 aromatic heterocycles. The lowest BCUT2D eigenvalue weighted by Crippen LogP contribution is -2.47. The molecule has 0 unspecified atom stereocenters. The van der Waals surface area contributed by atoms with Crippen LogP contribution in [0, 0.1) is 5.82 Å². The summed E-state index contributed by atoms with van der Waals surface area (Å²) in [5.74, 6) is -2.33. The topological polar surface area (TPSA) is 132 Å². The Balaban J connectivity index is 0.00000280. The minimum atomic E-state index is -1.29. The van der Waals surface area contributed by atoms with Crippen LogP contribution < -0.4 is 15.5 Å². The fourth-order valence-electron chi connectivity index (χ4n) is 3.37. The maximum Gasteiger partial charge on any atom is 0.306 e. The van der Waals surface area contributed by atoms with Crippen LogP contribution in [0.5, 0.6) is 0 Å². The number of pyridine rings is 1. The highest BCUT2D eigenvalue weighted by atomic mass is 35.5. The van der Waals surface area contributed by atoms with Gasteiger partial charge in [0.25, 0.3) is 0 Å². The van der Waals surface area contributed by atoms with Gasteiger partial charge in [-0.1, -0.05) is 0 Å². The van der Waals surface area contributed by atoms with Gasteiger partial charge in [0.15, 0.2) is 11.6 Å². The Labute approximate surface area is 166 Å². The molecule has 1 atom stereocenters. The van der Waals surface area contributed by atoms with E-state index in [-0.39, 0.29) is 62.9 Å². The highest BCUT2D eigenvalue weighted by molar-refractivity contribution is 6.01. The molecule has 0 saturated carbocycles. The zero-order valence-corrected chi connectivity index (χ0v) is 15.8. The number of carbonyl (C=O) groups is 3. The second-order valence-corrected chi connectivity index (χ2v) is 6.96. The standard InChI is InChI=1S/C17H21FN4O5.ClH/c18-11-7-10(20-12-1-2-13(23)21-16(12)26)9-19-15(11)22-5-3-17(27,4-6-22)8-14(24)25;/h7,9,12,20,27H,1-6,8H2,(H,24,25)(H,21,23,26);1H/t12-;/m0./s1. The number of imide groups is 1. The summed E-state index contributed by atoms with van der Waals surface area (Å²) in [7, 11) is 0. The Kier molecular flexibility index (Phi) is 6.78. The molecule has 2 fully saturated rings. The van der Waals surface area contributed by atoms with E-state index in [1.165, 1.54) is 12.3 Å². The van der Waals surface area contributed by atoms with Crippen LogP contribution in [0.3, 0.4) is 0 Å². The van der Waals surface area contributed by atoms with Crippen LogP contribution in [0.1, 0.15) is 32.1 Å². The molecule has 9 nitrogen and oxygen atoms in total. The van der Waals surface area contributed by atoms with Crippen LogP contribution in [0.2, 0.25) is 0 Å². The van der Waals surface area contributed by atoms with Gasteiger partial charge in [0.1, 0.15) is 6.04 Å². The summed E-state index contributed by atoms with van der Waals surface area (Å²) in [5, 5.41) is 24.2. The number of anilines is 2. The molecule has 3 heterocycles. The molecule has 0 bridgehead atoms. The van der Waals surface area contributed by atoms with E-state index < -0.39 is 29.3 Å². The lowest BCUT2D eigenvalue weighted by molar-refractivity contribution is -0.143. The minimum absolute atomic E-state index is 0. The van der Waals surface area contributed by atoms with Gasteiger partial charge in [0.05, 0.1) is 23.9 Å². The summed E-state index contributed by atoms with van der Waals surface area (Å²) in [6.07, 6.45) is 2.01. The molecule has 28 heavy (non-hydrogen) atoms. The van der Waals surface area contributed by atoms with Crippen molar-refractivity contribution in [1.29, 1.82) is 0 Å². The van der Waals surface area contributed by atoms with Gasteiger partial charge in [0.2, 0.25) is 11.8 Å². The number of aromatic nitrogens is 1. The second kappa shape index (κ2) is 8.70. The van der Waals surface area contributed by atoms with E-state index in [4.69, 9.17) is 5.11 Å². The van der Waals surface area contributed by atoms with E-state index in [2.05, 4.69) is 15.6 Å². The third-order valence-electron chi connectivity index (χ3n) is 4.88. The fourth-order valence-corrected chi connectivity index (χ4v) is 3.37. The molecule has 2 aliphatic rings. The van der Waals surface area contributed by atoms with Gasteiger partial charge in [-0.3, -0.25) is 19.7 Å². The van der Waals surface area contributed by atoms with Gasteiger partial charge < -0.3 is 20.4 Å². The average molecular weight is 417 g/mol. The predicted octanol–water partition coefficient (Wildman–Crippen LogP) is 0.666. The van der Waals surface area contributed by atoms with Crippen molar-refractivity contribution in [2.45, 2.75) is 43.7 Å². The SMILES string of the molecule is Cl.O=C(O)CC1(O)CCN(c2ncc(N[C@H]3CCC(=O)NC3=O)cc2F)CC1. The first-order chi connectivity index (χ1) is 12.8. The molecule has 3 rings (SSSR count). The van der Waals surface area contributed by atoms with E-state index >= 15 is 0 Å². The molecular formula is C17H22ClFN4O5. The van der Waals surface area contributed by atoms with Crippen molar-refractivity contribution < 1.29 is 29.0 Å². The van der Waals surface area contributed by atoms with Crippen LogP contribution in [0.25, 0.3) is 0 Å². The molecule has 1 aromatic rings. The number of hydrogen-bond acceptors (Lipinski definition) is 7. The lowest BCUT2D eigenvalue weighted by Gasteiger charge is -2.38. The van der Waals surface area contributed by atoms with Gasteiger partial charge in [-0.15, -0.1) is 12.4 Å². The Morgan fingerprint density at radius 2 is 2.07 bits per heavy atom. The fraction of sp³-hybridized carbons (Fsp3) is 0.529. The van der Waals surface area contributed by atoms with Crippen molar-refractivity contribution in [3.05, 3.63) is 18.1 Å². The molecule has 2 saturated heterocycles. The Morgan fingerprint density at radius 1 is 1.39 bits per heavy atom. The molecule has 0 aliphatic carbocycles. The Morgan fingerprint density at radius 3 is 2.64 bits per heavy atom. The molecule has 0 aromatic carbocycles. The lowest BCUT2D eigenvalue weighted by atomic mass is 9.88. The van der Waals surface area contributed by atoms with Crippen LogP contribution >= 0.6 is 12.4 Å². The zero-order valence-electron chi connectivity index (χ0n) is 15.0. The number of hydrogen-bond donors (Lipinski definition) is 4. The summed E-state index contributed by atoms with van der Waals surface area (Å²) < 4.78 is 14.5. The van der Waals surface area contributed by atoms with E-state index in [1.807, 2.05) is 0 Å². The second-order valence-electron chi connectivity index (χ2n) is 6.96. The molecule has 2 amide bonds. The molecule has 0 spiro atoms. The number of piperidine rings is 2. The highest BCUT2D eigenvalue weighted by Crippen LogP contribution is 2.30. The molecular weight excluding hydrogens is 395 g/mol. The quantitative estimate of drug-likeness (QED) is 0.515. The predicted molar refractivity (Wildman–Crippen MR) is 99.9 cm³/mol. The smallest absolute Gasteiger partial charge is 0.306 e. The van der Waals surface area contributed by atoms with Crippen molar-refractivity contribution >= 4 is 41.7 Å². The number of nitrogens with zero attached hydrogens (tertiary/aromatic N) is 2. The van der Waals surface area contributed by atoms with Crippen molar-refractivity contribution in [1.82, 2.24) is 10.3 Å². The Hall–Kier alpha value is -2.46. The summed E-state index contributed by atoms with van der Waals surface area (Å²) >= 11 is 0. The number of carboxylic acids is 1. The summed E-state index contributed by atoms with van der Waals surface area (Å²) in [5.41, 5.74) is -0.961. The maximum absolute atomic E-state index is 14.5. The first-order valence-electron chi connectivity index (χ1n) is 8.71. The highest BCUT2D eigenvalue weighted by Gasteiger charge is 2.35. The number of halogens is 2. The molecule has 154 valence electrons. The van der Waals surface area contributed by atoms with Crippen LogP contribution in [0.4, 0.5) is 15.9 Å². The van der Waals surface area contributed by atoms with E-state index in [0.717, 1.165) is 0 Å². The number of rotatable bonds is 5. The van der Waals surface area contributed by atoms with Gasteiger partial charge in [0, 0.05) is 25.6 Å². The number of aliphatic hydroxyl groups is 1. The van der Waals surface area contributed by atoms with Gasteiger partial charge in [-0.25, -0.2) is 9.37 Å². The summed E-state index contributed by atoms with van der Waals surface area (Å²) in [6.45, 7) is 0.571. The third kappa shape index (κ3) is 5.08. The molecule has 11 heteroatoms. The van der Waals surface area contributed by atoms with Gasteiger partial charge in [-0.2, -0.15) is 0 Å². The van der Waals surface area contributed by atoms with Crippen molar-refractivity contribution in [3.8, 4) is 0 Å². The van der Waals surface area contributed by atoms with Crippen molar-refractivity contribution in [2.24, 2.45) is 0 Å². The van der Waals surface area contributed by atoms with Crippen molar-refractivity contribution in [3.63, 3.8) is 0 Å². The minimum Gasteiger partial charge on any atom is -0.481 e. The first kappa shape index (κ1) is 21.8. The summed E-state index contributed by atoms with van der Waals surface area (Å²) in [6, 6.07) is 0.597. The zero-order chi connectivity index (χ0) is 19.6. The van der Waals surface area contributed by atoms with Crippen molar-refractivity contribution in [2.75, 3.05) is 23.3 Å². The largest absolute Gasteiger partial charge is 0.481 e. The first-order valence-corrected chi connectivity index (χ1v) is 8.71. The van der Waals surface area contributed by atoms with Gasteiger partial charge in [-0.05, 0) is 19.3 Å².